The number of benzene rings is 6. The summed E-state index contributed by atoms with van der Waals surface area (Å²) in [6.07, 6.45) is -2.44. The summed E-state index contributed by atoms with van der Waals surface area (Å²) in [5.41, 5.74) is -2.42. The van der Waals surface area contributed by atoms with Crippen molar-refractivity contribution in [2.24, 2.45) is 28.6 Å². The molecule has 0 bridgehead atoms. The molecule has 576 valence electrons. The van der Waals surface area contributed by atoms with Crippen molar-refractivity contribution in [1.29, 1.82) is 0 Å². The van der Waals surface area contributed by atoms with E-state index in [1.54, 1.807) is 178 Å². The highest BCUT2D eigenvalue weighted by Gasteiger charge is 2.43. The Morgan fingerprint density at radius 3 is 1.07 bits per heavy atom. The van der Waals surface area contributed by atoms with Gasteiger partial charge in [-0.15, -0.1) is 0 Å². The van der Waals surface area contributed by atoms with Crippen LogP contribution in [0.25, 0.3) is 21.5 Å². The van der Waals surface area contributed by atoms with Crippen molar-refractivity contribution >= 4 is 124 Å². The van der Waals surface area contributed by atoms with Gasteiger partial charge in [0, 0.05) is 78.2 Å². The van der Waals surface area contributed by atoms with Crippen LogP contribution < -0.4 is 45.4 Å². The van der Waals surface area contributed by atoms with Crippen molar-refractivity contribution in [2.45, 2.75) is 184 Å². The van der Waals surface area contributed by atoms with Gasteiger partial charge in [-0.05, 0) is 181 Å². The highest BCUT2D eigenvalue weighted by Crippen LogP contribution is 2.35. The molecular weight excluding hydrogens is 1390 g/mol. The zero-order valence-corrected chi connectivity index (χ0v) is 65.7. The molecule has 0 aliphatic rings. The van der Waals surface area contributed by atoms with E-state index in [1.807, 2.05) is 68.3 Å². The maximum atomic E-state index is 14.6. The first-order valence-electron chi connectivity index (χ1n) is 34.0. The van der Waals surface area contributed by atoms with Crippen molar-refractivity contribution in [2.75, 3.05) is 70.9 Å². The highest BCUT2D eigenvalue weighted by atomic mass is 32.2. The number of nitrogens with zero attached hydrogens (tertiary/aromatic N) is 3. The first-order chi connectivity index (χ1) is 47.8. The molecule has 0 fully saturated rings. The van der Waals surface area contributed by atoms with E-state index in [-0.39, 0.29) is 41.1 Å². The molecule has 28 heteroatoms. The topological polar surface area (TPSA) is 333 Å². The number of esters is 2. The molecule has 0 aromatic heterocycles. The van der Waals surface area contributed by atoms with Gasteiger partial charge in [0.15, 0.2) is 0 Å². The molecule has 6 rings (SSSR count). The summed E-state index contributed by atoms with van der Waals surface area (Å²) in [4.78, 5) is 111. The number of hydrogen-bond donors (Lipinski definition) is 6. The van der Waals surface area contributed by atoms with Crippen LogP contribution in [-0.4, -0.2) is 141 Å². The van der Waals surface area contributed by atoms with Crippen LogP contribution in [0.1, 0.15) is 139 Å². The van der Waals surface area contributed by atoms with E-state index >= 15 is 0 Å². The second-order valence-corrected chi connectivity index (χ2v) is 34.2. The van der Waals surface area contributed by atoms with E-state index in [1.165, 1.54) is 44.2 Å². The molecule has 105 heavy (non-hydrogen) atoms. The minimum atomic E-state index is -4.13. The van der Waals surface area contributed by atoms with Crippen LogP contribution in [0.2, 0.25) is 0 Å². The highest BCUT2D eigenvalue weighted by molar-refractivity contribution is 7.93. The zero-order valence-electron chi connectivity index (χ0n) is 64.0. The minimum absolute atomic E-state index is 0. The van der Waals surface area contributed by atoms with Gasteiger partial charge in [-0.1, -0.05) is 97.5 Å². The Hall–Kier alpha value is -9.70. The number of nitrogens with one attached hydrogen (secondary N) is 6. The molecule has 0 saturated heterocycles. The van der Waals surface area contributed by atoms with Crippen molar-refractivity contribution in [1.82, 2.24) is 16.0 Å². The molecule has 3 atom stereocenters. The summed E-state index contributed by atoms with van der Waals surface area (Å²) in [6.45, 7) is 31.0. The van der Waals surface area contributed by atoms with Crippen molar-refractivity contribution in [3.63, 3.8) is 0 Å². The molecule has 0 heterocycles. The largest absolute Gasteiger partial charge is 0.463 e. The molecule has 0 saturated carbocycles. The molecule has 0 aliphatic carbocycles. The monoisotopic (exact) mass is 1500 g/mol. The van der Waals surface area contributed by atoms with Gasteiger partial charge in [0.2, 0.25) is 11.8 Å². The fourth-order valence-corrected chi connectivity index (χ4v) is 12.8. The van der Waals surface area contributed by atoms with E-state index in [4.69, 9.17) is 23.7 Å². The number of ether oxygens (including phenoxy) is 5. The Kier molecular flexibility index (Phi) is 29.6. The minimum Gasteiger partial charge on any atom is -0.463 e. The van der Waals surface area contributed by atoms with Crippen molar-refractivity contribution < 1.29 is 78.9 Å². The average molecular weight is 1500 g/mol. The van der Waals surface area contributed by atoms with E-state index in [0.29, 0.717) is 22.1 Å². The summed E-state index contributed by atoms with van der Waals surface area (Å²) in [7, 11) is -0.518. The predicted molar refractivity (Wildman–Crippen MR) is 412 cm³/mol. The fourth-order valence-electron chi connectivity index (χ4n) is 10.2. The Labute approximate surface area is 619 Å². The molecule has 0 radical (unpaired) electrons. The second kappa shape index (κ2) is 35.4. The van der Waals surface area contributed by atoms with E-state index in [2.05, 4.69) is 30.7 Å². The Morgan fingerprint density at radius 1 is 0.410 bits per heavy atom. The number of carbonyl (C=O) groups excluding carboxylic acids is 8. The third-order valence-electron chi connectivity index (χ3n) is 15.6. The molecule has 6 aromatic rings. The summed E-state index contributed by atoms with van der Waals surface area (Å²) in [6, 6.07) is 29.6. The van der Waals surface area contributed by atoms with E-state index in [9.17, 15) is 55.2 Å². The standard InChI is InChI=1S/C43H61N5O10S.C33H44N4O7S.CH4/c1-26(2)34(44-39(52)57-41(5,6)7)36(49)48(38(51)43(11,12)25-56-37(50)35(27(3)4)45-40(53)58-42(8,9)10)29-23-21-28(22-24-29)46-59(54,55)33-20-16-17-30-31(33)18-15-19-32(30)47(13)14;1-21(2)28(35-31(40)44-32(3,4)5)29(38)43-20-33(6,7)30(39)34-22-16-18-23(19-17-22)36-45(41,42)27-15-11-12-24-25(27)13-10-14-26(24)37(8)9;/h15-24,26-27,34-35,46H,25H2,1-14H3,(H,44,52)(H,45,53);10-19,21,28,36H,20H2,1-9H3,(H,34,39)(H,35,40);1H4/t34-,35-;28-;/m00./s1. The lowest BCUT2D eigenvalue weighted by atomic mass is 9.91. The van der Waals surface area contributed by atoms with E-state index < -0.39 is 132 Å². The van der Waals surface area contributed by atoms with Gasteiger partial charge in [-0.25, -0.2) is 45.7 Å². The quantitative estimate of drug-likeness (QED) is 0.0229. The number of hydrogen-bond acceptors (Lipinski definition) is 19. The van der Waals surface area contributed by atoms with Gasteiger partial charge < -0.3 is 54.8 Å². The molecule has 6 aromatic carbocycles. The van der Waals surface area contributed by atoms with Crippen LogP contribution in [0.4, 0.5) is 48.5 Å². The van der Waals surface area contributed by atoms with Gasteiger partial charge in [-0.2, -0.15) is 0 Å². The van der Waals surface area contributed by atoms with Crippen LogP contribution in [-0.2, 0) is 67.7 Å². The molecule has 0 spiro atoms. The number of carbonyl (C=O) groups is 8. The number of alkyl carbamates (subject to hydrolysis) is 3. The number of anilines is 6. The first kappa shape index (κ1) is 87.7. The van der Waals surface area contributed by atoms with Gasteiger partial charge in [-0.3, -0.25) is 23.8 Å². The van der Waals surface area contributed by atoms with E-state index in [0.717, 1.165) is 27.0 Å². The summed E-state index contributed by atoms with van der Waals surface area (Å²) in [5, 5.41) is 13.1. The van der Waals surface area contributed by atoms with Crippen LogP contribution in [0.15, 0.2) is 131 Å². The van der Waals surface area contributed by atoms with Gasteiger partial charge in [0.05, 0.1) is 26.3 Å². The number of rotatable bonds is 25. The van der Waals surface area contributed by atoms with Crippen LogP contribution in [0, 0.1) is 28.6 Å². The van der Waals surface area contributed by atoms with Gasteiger partial charge >= 0.3 is 30.2 Å². The number of imide groups is 1. The third kappa shape index (κ3) is 25.0. The lowest BCUT2D eigenvalue weighted by Crippen LogP contribution is -2.57. The van der Waals surface area contributed by atoms with Crippen molar-refractivity contribution in [3.05, 3.63) is 121 Å². The maximum absolute atomic E-state index is 14.6. The van der Waals surface area contributed by atoms with Gasteiger partial charge in [0.25, 0.3) is 26.0 Å². The fraction of sp³-hybridized carbons (Fsp3) is 0.481. The summed E-state index contributed by atoms with van der Waals surface area (Å²) in [5.74, 6) is -4.76. The number of sulfonamides is 2. The molecule has 26 nitrogen and oxygen atoms in total. The van der Waals surface area contributed by atoms with Crippen LogP contribution in [0.3, 0.4) is 0 Å². The zero-order chi connectivity index (χ0) is 78.6. The SMILES string of the molecule is C.CC(C)[C@H](NC(=O)OC(C)(C)C)C(=O)OCC(C)(C)C(=O)N(C(=O)[C@@H](NC(=O)OC(C)(C)C)C(C)C)c1ccc(NS(=O)(=O)c2cccc3c(N(C)C)cccc23)cc1.CC(C)[C@H](NC(=O)OC(C)(C)C)C(=O)OCC(C)(C)C(=O)Nc1ccc(NS(=O)(=O)c2cccc3c(N(C)C)cccc23)cc1. The smallest absolute Gasteiger partial charge is 0.408 e. The second-order valence-electron chi connectivity index (χ2n) is 30.9. The predicted octanol–water partition coefficient (Wildman–Crippen LogP) is 13.6. The summed E-state index contributed by atoms with van der Waals surface area (Å²) < 4.78 is 86.5. The molecule has 6 amide bonds. The maximum Gasteiger partial charge on any atom is 0.408 e. The number of amides is 6. The third-order valence-corrected chi connectivity index (χ3v) is 18.5. The lowest BCUT2D eigenvalue weighted by molar-refractivity contribution is -0.153. The van der Waals surface area contributed by atoms with Crippen LogP contribution >= 0.6 is 0 Å². The lowest BCUT2D eigenvalue weighted by Gasteiger charge is -2.34. The molecule has 0 aliphatic heterocycles. The summed E-state index contributed by atoms with van der Waals surface area (Å²) >= 11 is 0. The molecule has 6 N–H and O–H groups in total. The van der Waals surface area contributed by atoms with Gasteiger partial charge in [0.1, 0.15) is 48.1 Å². The average Bonchev–Trinajstić information content (AvgIpc) is 0.781. The Morgan fingerprint density at radius 2 is 0.724 bits per heavy atom. The number of fused-ring (bicyclic) bond motifs is 2. The van der Waals surface area contributed by atoms with Crippen molar-refractivity contribution in [3.8, 4) is 0 Å². The molecule has 0 unspecified atom stereocenters. The Balaban J connectivity index is 0.000000456. The normalized spacial score (nSPS) is 12.9. The Bertz CT molecular complexity index is 4310. The first-order valence-corrected chi connectivity index (χ1v) is 37.0. The molecular formula is C77H109N9O17S2. The van der Waals surface area contributed by atoms with Crippen LogP contribution in [0.5, 0.6) is 0 Å².